The molecule has 1 heterocycles. The van der Waals surface area contributed by atoms with Crippen molar-refractivity contribution < 1.29 is 0 Å². The van der Waals surface area contributed by atoms with Gasteiger partial charge in [-0.1, -0.05) is 11.6 Å². The lowest BCUT2D eigenvalue weighted by Crippen LogP contribution is -2.22. The average molecular weight is 255 g/mol. The number of anilines is 1. The molecule has 0 amide bonds. The summed E-state index contributed by atoms with van der Waals surface area (Å²) in [6.45, 7) is 1.79. The molecule has 17 heavy (non-hydrogen) atoms. The lowest BCUT2D eigenvalue weighted by atomic mass is 9.97. The Hall–Kier alpha value is -0.870. The molecule has 1 aromatic rings. The van der Waals surface area contributed by atoms with Gasteiger partial charge in [0.25, 0.3) is 0 Å². The van der Waals surface area contributed by atoms with Crippen LogP contribution in [0.5, 0.6) is 0 Å². The van der Waals surface area contributed by atoms with Gasteiger partial charge in [-0.3, -0.25) is 0 Å². The highest BCUT2D eigenvalue weighted by atomic mass is 35.5. The molecule has 1 aromatic heterocycles. The average Bonchev–Trinajstić information content (AvgIpc) is 2.28. The number of aryl methyl sites for hydroxylation is 1. The van der Waals surface area contributed by atoms with Crippen LogP contribution < -0.4 is 5.32 Å². The molecule has 1 aliphatic rings. The summed E-state index contributed by atoms with van der Waals surface area (Å²) < 4.78 is 0. The van der Waals surface area contributed by atoms with Crippen LogP contribution in [0.15, 0.2) is 0 Å². The minimum atomic E-state index is 0.627. The number of hydrogen-bond acceptors (Lipinski definition) is 4. The Bertz CT molecular complexity index is 392. The fraction of sp³-hybridized carbons (Fsp3) is 0.667. The zero-order valence-electron chi connectivity index (χ0n) is 10.5. The molecule has 0 aliphatic heterocycles. The summed E-state index contributed by atoms with van der Waals surface area (Å²) in [6.07, 6.45) is 4.45. The van der Waals surface area contributed by atoms with Crippen molar-refractivity contribution in [2.24, 2.45) is 0 Å². The number of likely N-dealkylation sites (N-methyl/N-ethyl adjacent to an activating group) is 1. The van der Waals surface area contributed by atoms with Crippen molar-refractivity contribution in [1.29, 1.82) is 0 Å². The minimum Gasteiger partial charge on any atom is -0.353 e. The van der Waals surface area contributed by atoms with Gasteiger partial charge in [0.15, 0.2) is 0 Å². The number of aromatic nitrogens is 2. The fourth-order valence-electron chi connectivity index (χ4n) is 2.02. The van der Waals surface area contributed by atoms with Crippen molar-refractivity contribution in [3.8, 4) is 0 Å². The van der Waals surface area contributed by atoms with E-state index >= 15 is 0 Å². The molecule has 0 unspecified atom stereocenters. The van der Waals surface area contributed by atoms with E-state index in [0.717, 1.165) is 37.2 Å². The molecule has 94 valence electrons. The first kappa shape index (κ1) is 12.6. The first-order valence-corrected chi connectivity index (χ1v) is 6.48. The normalized spacial score (nSPS) is 14.8. The van der Waals surface area contributed by atoms with Crippen LogP contribution in [0.2, 0.25) is 5.15 Å². The maximum atomic E-state index is 6.19. The van der Waals surface area contributed by atoms with Gasteiger partial charge in [0.1, 0.15) is 5.15 Å². The summed E-state index contributed by atoms with van der Waals surface area (Å²) in [5.41, 5.74) is 2.28. The summed E-state index contributed by atoms with van der Waals surface area (Å²) in [5.74, 6) is 0.664. The summed E-state index contributed by atoms with van der Waals surface area (Å²) in [5, 5.41) is 3.85. The van der Waals surface area contributed by atoms with E-state index in [1.54, 1.807) is 0 Å². The molecule has 0 fully saturated rings. The third-order valence-electron chi connectivity index (χ3n) is 2.97. The Balaban J connectivity index is 2.06. The molecular weight excluding hydrogens is 236 g/mol. The van der Waals surface area contributed by atoms with Gasteiger partial charge >= 0.3 is 0 Å². The van der Waals surface area contributed by atoms with Gasteiger partial charge in [-0.15, -0.1) is 0 Å². The van der Waals surface area contributed by atoms with Crippen molar-refractivity contribution in [1.82, 2.24) is 14.9 Å². The molecule has 0 atom stereocenters. The molecule has 0 radical (unpaired) electrons. The first-order valence-electron chi connectivity index (χ1n) is 6.10. The number of hydrogen-bond donors (Lipinski definition) is 1. The highest BCUT2D eigenvalue weighted by Gasteiger charge is 2.16. The maximum absolute atomic E-state index is 6.19. The van der Waals surface area contributed by atoms with E-state index in [2.05, 4.69) is 20.2 Å². The Kier molecular flexibility index (Phi) is 4.18. The molecule has 0 bridgehead atoms. The van der Waals surface area contributed by atoms with E-state index in [-0.39, 0.29) is 0 Å². The van der Waals surface area contributed by atoms with E-state index in [1.807, 2.05) is 14.1 Å². The summed E-state index contributed by atoms with van der Waals surface area (Å²) in [4.78, 5) is 11.0. The molecule has 0 spiro atoms. The number of nitrogens with one attached hydrogen (secondary N) is 1. The summed E-state index contributed by atoms with van der Waals surface area (Å²) >= 11 is 6.19. The zero-order valence-corrected chi connectivity index (χ0v) is 11.2. The summed E-state index contributed by atoms with van der Waals surface area (Å²) in [6, 6.07) is 0. The third-order valence-corrected chi connectivity index (χ3v) is 3.29. The number of halogens is 1. The maximum Gasteiger partial charge on any atom is 0.224 e. The predicted molar refractivity (Wildman–Crippen MR) is 70.7 cm³/mol. The van der Waals surface area contributed by atoms with E-state index in [0.29, 0.717) is 11.1 Å². The predicted octanol–water partition coefficient (Wildman–Crippen LogP) is 1.98. The minimum absolute atomic E-state index is 0.627. The number of nitrogens with zero attached hydrogens (tertiary/aromatic N) is 3. The van der Waals surface area contributed by atoms with Crippen LogP contribution >= 0.6 is 11.6 Å². The Morgan fingerprint density at radius 3 is 2.76 bits per heavy atom. The van der Waals surface area contributed by atoms with Crippen molar-refractivity contribution >= 4 is 17.5 Å². The standard InChI is InChI=1S/C12H19ClN4/c1-17(2)8-7-14-12-15-10-6-4-3-5-9(10)11(13)16-12/h3-8H2,1-2H3,(H,14,15,16). The lowest BCUT2D eigenvalue weighted by molar-refractivity contribution is 0.425. The smallest absolute Gasteiger partial charge is 0.224 e. The van der Waals surface area contributed by atoms with Gasteiger partial charge in [-0.25, -0.2) is 9.97 Å². The molecule has 0 aromatic carbocycles. The van der Waals surface area contributed by atoms with Crippen LogP contribution in [0.3, 0.4) is 0 Å². The second kappa shape index (κ2) is 5.65. The van der Waals surface area contributed by atoms with Gasteiger partial charge in [-0.2, -0.15) is 0 Å². The van der Waals surface area contributed by atoms with Crippen LogP contribution in [0.25, 0.3) is 0 Å². The second-order valence-corrected chi connectivity index (χ2v) is 5.06. The Morgan fingerprint density at radius 2 is 2.00 bits per heavy atom. The van der Waals surface area contributed by atoms with Crippen LogP contribution in [-0.4, -0.2) is 42.1 Å². The topological polar surface area (TPSA) is 41.0 Å². The van der Waals surface area contributed by atoms with Crippen LogP contribution in [-0.2, 0) is 12.8 Å². The first-order chi connectivity index (χ1) is 8.16. The van der Waals surface area contributed by atoms with Crippen molar-refractivity contribution in [3.63, 3.8) is 0 Å². The Morgan fingerprint density at radius 1 is 1.24 bits per heavy atom. The number of rotatable bonds is 4. The lowest BCUT2D eigenvalue weighted by Gasteiger charge is -2.17. The van der Waals surface area contributed by atoms with Crippen LogP contribution in [0, 0.1) is 0 Å². The molecule has 5 heteroatoms. The largest absolute Gasteiger partial charge is 0.353 e. The quantitative estimate of drug-likeness (QED) is 0.835. The highest BCUT2D eigenvalue weighted by molar-refractivity contribution is 6.30. The molecule has 0 saturated heterocycles. The van der Waals surface area contributed by atoms with Gasteiger partial charge < -0.3 is 10.2 Å². The molecule has 1 aliphatic carbocycles. The van der Waals surface area contributed by atoms with Crippen LogP contribution in [0.4, 0.5) is 5.95 Å². The molecule has 4 nitrogen and oxygen atoms in total. The van der Waals surface area contributed by atoms with Crippen molar-refractivity contribution in [2.45, 2.75) is 25.7 Å². The van der Waals surface area contributed by atoms with E-state index < -0.39 is 0 Å². The fourth-order valence-corrected chi connectivity index (χ4v) is 2.30. The third kappa shape index (κ3) is 3.30. The van der Waals surface area contributed by atoms with E-state index in [9.17, 15) is 0 Å². The van der Waals surface area contributed by atoms with Gasteiger partial charge in [-0.05, 0) is 39.8 Å². The molecule has 2 rings (SSSR count). The van der Waals surface area contributed by atoms with E-state index in [1.165, 1.54) is 12.8 Å². The van der Waals surface area contributed by atoms with Crippen LogP contribution in [0.1, 0.15) is 24.1 Å². The van der Waals surface area contributed by atoms with Gasteiger partial charge in [0.2, 0.25) is 5.95 Å². The monoisotopic (exact) mass is 254 g/mol. The van der Waals surface area contributed by atoms with Crippen molar-refractivity contribution in [2.75, 3.05) is 32.5 Å². The highest BCUT2D eigenvalue weighted by Crippen LogP contribution is 2.26. The van der Waals surface area contributed by atoms with Gasteiger partial charge in [0.05, 0.1) is 5.69 Å². The second-order valence-electron chi connectivity index (χ2n) is 4.70. The SMILES string of the molecule is CN(C)CCNc1nc(Cl)c2c(n1)CCCC2. The van der Waals surface area contributed by atoms with Gasteiger partial charge in [0, 0.05) is 18.7 Å². The number of fused-ring (bicyclic) bond motifs is 1. The molecule has 0 saturated carbocycles. The zero-order chi connectivity index (χ0) is 12.3. The van der Waals surface area contributed by atoms with Crippen molar-refractivity contribution in [3.05, 3.63) is 16.4 Å². The molecule has 1 N–H and O–H groups in total. The Labute approximate surface area is 107 Å². The van der Waals surface area contributed by atoms with E-state index in [4.69, 9.17) is 11.6 Å². The molecular formula is C12H19ClN4. The summed E-state index contributed by atoms with van der Waals surface area (Å²) in [7, 11) is 4.09.